The molecule has 3 rings (SSSR count). The molecule has 0 saturated carbocycles. The molecule has 106 valence electrons. The van der Waals surface area contributed by atoms with Crippen LogP contribution in [-0.4, -0.2) is 16.1 Å². The number of hydrogen-bond acceptors (Lipinski definition) is 2. The summed E-state index contributed by atoms with van der Waals surface area (Å²) < 4.78 is 2.14. The summed E-state index contributed by atoms with van der Waals surface area (Å²) in [6, 6.07) is 9.44. The number of aryl methyl sites for hydroxylation is 1. The second kappa shape index (κ2) is 6.23. The van der Waals surface area contributed by atoms with Crippen LogP contribution in [0.15, 0.2) is 43.0 Å². The van der Waals surface area contributed by atoms with E-state index in [2.05, 4.69) is 46.1 Å². The summed E-state index contributed by atoms with van der Waals surface area (Å²) in [5, 5.41) is 3.73. The van der Waals surface area contributed by atoms with Crippen LogP contribution in [0.5, 0.6) is 0 Å². The molecule has 3 nitrogen and oxygen atoms in total. The Morgan fingerprint density at radius 1 is 1.25 bits per heavy atom. The second-order valence-corrected chi connectivity index (χ2v) is 5.77. The van der Waals surface area contributed by atoms with E-state index in [9.17, 15) is 0 Å². The smallest absolute Gasteiger partial charge is 0.0945 e. The van der Waals surface area contributed by atoms with Gasteiger partial charge in [0, 0.05) is 25.0 Å². The van der Waals surface area contributed by atoms with Gasteiger partial charge in [0.1, 0.15) is 0 Å². The van der Waals surface area contributed by atoms with Gasteiger partial charge >= 0.3 is 0 Å². The third kappa shape index (κ3) is 2.93. The van der Waals surface area contributed by atoms with Crippen molar-refractivity contribution in [2.24, 2.45) is 0 Å². The van der Waals surface area contributed by atoms with Gasteiger partial charge < -0.3 is 9.88 Å². The van der Waals surface area contributed by atoms with Crippen LogP contribution >= 0.6 is 0 Å². The first-order valence-electron chi connectivity index (χ1n) is 7.62. The summed E-state index contributed by atoms with van der Waals surface area (Å²) in [5.41, 5.74) is 3.04. The Morgan fingerprint density at radius 3 is 2.90 bits per heavy atom. The molecule has 1 aliphatic rings. The van der Waals surface area contributed by atoms with Crippen LogP contribution in [0.4, 0.5) is 0 Å². The third-order valence-corrected chi connectivity index (χ3v) is 4.33. The molecule has 0 radical (unpaired) electrons. The van der Waals surface area contributed by atoms with Gasteiger partial charge in [-0.3, -0.25) is 0 Å². The average Bonchev–Trinajstić information content (AvgIpc) is 2.99. The number of imidazole rings is 1. The summed E-state index contributed by atoms with van der Waals surface area (Å²) in [6.07, 6.45) is 9.44. The van der Waals surface area contributed by atoms with E-state index in [1.807, 2.05) is 18.7 Å². The minimum atomic E-state index is 0.533. The highest BCUT2D eigenvalue weighted by Gasteiger charge is 2.23. The maximum absolute atomic E-state index is 4.07. The first-order chi connectivity index (χ1) is 9.84. The first-order valence-corrected chi connectivity index (χ1v) is 7.62. The van der Waals surface area contributed by atoms with E-state index in [4.69, 9.17) is 0 Å². The fourth-order valence-corrected chi connectivity index (χ4v) is 3.17. The van der Waals surface area contributed by atoms with Crippen molar-refractivity contribution in [3.05, 3.63) is 54.1 Å². The van der Waals surface area contributed by atoms with Gasteiger partial charge in [-0.1, -0.05) is 31.2 Å². The summed E-state index contributed by atoms with van der Waals surface area (Å²) in [5.74, 6) is 0.704. The predicted octanol–water partition coefficient (Wildman–Crippen LogP) is 3.50. The normalized spacial score (nSPS) is 21.6. The van der Waals surface area contributed by atoms with E-state index in [1.165, 1.54) is 24.0 Å². The standard InChI is InChI=1S/C17H23N3/c1-14-7-8-17(16-6-3-2-5-15(14)16)19-9-4-11-20-12-10-18-13-20/h2-3,5-6,10,12-14,17,19H,4,7-9,11H2,1H3. The first kappa shape index (κ1) is 13.4. The maximum atomic E-state index is 4.07. The summed E-state index contributed by atoms with van der Waals surface area (Å²) in [6.45, 7) is 4.44. The fraction of sp³-hybridized carbons (Fsp3) is 0.471. The number of fused-ring (bicyclic) bond motifs is 1. The fourth-order valence-electron chi connectivity index (χ4n) is 3.17. The lowest BCUT2D eigenvalue weighted by molar-refractivity contribution is 0.423. The molecule has 0 amide bonds. The van der Waals surface area contributed by atoms with Gasteiger partial charge in [-0.05, 0) is 42.9 Å². The lowest BCUT2D eigenvalue weighted by Gasteiger charge is -2.30. The Hall–Kier alpha value is -1.61. The van der Waals surface area contributed by atoms with Gasteiger partial charge in [-0.25, -0.2) is 4.98 Å². The molecule has 1 aromatic heterocycles. The molecule has 0 saturated heterocycles. The molecular formula is C17H23N3. The van der Waals surface area contributed by atoms with Crippen LogP contribution in [0.25, 0.3) is 0 Å². The van der Waals surface area contributed by atoms with Crippen molar-refractivity contribution in [3.63, 3.8) is 0 Å². The molecule has 1 aliphatic carbocycles. The molecule has 2 aromatic rings. The molecule has 0 fully saturated rings. The molecule has 0 spiro atoms. The van der Waals surface area contributed by atoms with Crippen molar-refractivity contribution < 1.29 is 0 Å². The monoisotopic (exact) mass is 269 g/mol. The number of rotatable bonds is 5. The Bertz CT molecular complexity index is 533. The lowest BCUT2D eigenvalue weighted by atomic mass is 9.81. The molecule has 20 heavy (non-hydrogen) atoms. The van der Waals surface area contributed by atoms with Gasteiger partial charge in [-0.15, -0.1) is 0 Å². The van der Waals surface area contributed by atoms with E-state index in [0.29, 0.717) is 12.0 Å². The molecule has 3 heteroatoms. The molecule has 0 aliphatic heterocycles. The Kier molecular flexibility index (Phi) is 4.16. The van der Waals surface area contributed by atoms with Gasteiger partial charge in [0.05, 0.1) is 6.33 Å². The van der Waals surface area contributed by atoms with Crippen LogP contribution < -0.4 is 5.32 Å². The second-order valence-electron chi connectivity index (χ2n) is 5.77. The SMILES string of the molecule is CC1CCC(NCCCn2ccnc2)c2ccccc21. The van der Waals surface area contributed by atoms with Gasteiger partial charge in [0.2, 0.25) is 0 Å². The zero-order valence-corrected chi connectivity index (χ0v) is 12.1. The molecule has 2 atom stereocenters. The molecule has 1 heterocycles. The Morgan fingerprint density at radius 2 is 2.10 bits per heavy atom. The lowest BCUT2D eigenvalue weighted by Crippen LogP contribution is -2.27. The maximum Gasteiger partial charge on any atom is 0.0945 e. The van der Waals surface area contributed by atoms with Crippen molar-refractivity contribution in [1.29, 1.82) is 0 Å². The topological polar surface area (TPSA) is 29.9 Å². The minimum absolute atomic E-state index is 0.533. The number of nitrogens with zero attached hydrogens (tertiary/aromatic N) is 2. The van der Waals surface area contributed by atoms with Gasteiger partial charge in [-0.2, -0.15) is 0 Å². The Labute approximate surface area is 121 Å². The highest BCUT2D eigenvalue weighted by molar-refractivity contribution is 5.34. The summed E-state index contributed by atoms with van der Waals surface area (Å²) in [4.78, 5) is 4.07. The molecular weight excluding hydrogens is 246 g/mol. The summed E-state index contributed by atoms with van der Waals surface area (Å²) >= 11 is 0. The minimum Gasteiger partial charge on any atom is -0.337 e. The average molecular weight is 269 g/mol. The van der Waals surface area contributed by atoms with E-state index in [0.717, 1.165) is 19.5 Å². The van der Waals surface area contributed by atoms with Crippen molar-refractivity contribution in [3.8, 4) is 0 Å². The molecule has 2 unspecified atom stereocenters. The summed E-state index contributed by atoms with van der Waals surface area (Å²) in [7, 11) is 0. The van der Waals surface area contributed by atoms with Crippen molar-refractivity contribution in [2.45, 2.75) is 44.7 Å². The number of benzene rings is 1. The molecule has 1 aromatic carbocycles. The van der Waals surface area contributed by atoms with Gasteiger partial charge in [0.25, 0.3) is 0 Å². The van der Waals surface area contributed by atoms with Crippen LogP contribution in [0, 0.1) is 0 Å². The van der Waals surface area contributed by atoms with Crippen LogP contribution in [-0.2, 0) is 6.54 Å². The third-order valence-electron chi connectivity index (χ3n) is 4.33. The number of aromatic nitrogens is 2. The predicted molar refractivity (Wildman–Crippen MR) is 81.7 cm³/mol. The van der Waals surface area contributed by atoms with Crippen molar-refractivity contribution in [1.82, 2.24) is 14.9 Å². The Balaban J connectivity index is 1.54. The van der Waals surface area contributed by atoms with E-state index in [1.54, 1.807) is 0 Å². The zero-order valence-electron chi connectivity index (χ0n) is 12.1. The van der Waals surface area contributed by atoms with Crippen LogP contribution in [0.3, 0.4) is 0 Å². The van der Waals surface area contributed by atoms with E-state index >= 15 is 0 Å². The van der Waals surface area contributed by atoms with Crippen molar-refractivity contribution in [2.75, 3.05) is 6.54 Å². The largest absolute Gasteiger partial charge is 0.337 e. The number of hydrogen-bond donors (Lipinski definition) is 1. The van der Waals surface area contributed by atoms with Crippen LogP contribution in [0.2, 0.25) is 0 Å². The zero-order chi connectivity index (χ0) is 13.8. The quantitative estimate of drug-likeness (QED) is 0.842. The number of nitrogens with one attached hydrogen (secondary N) is 1. The van der Waals surface area contributed by atoms with Crippen molar-refractivity contribution >= 4 is 0 Å². The van der Waals surface area contributed by atoms with E-state index in [-0.39, 0.29) is 0 Å². The van der Waals surface area contributed by atoms with E-state index < -0.39 is 0 Å². The highest BCUT2D eigenvalue weighted by Crippen LogP contribution is 2.36. The van der Waals surface area contributed by atoms with Crippen LogP contribution in [0.1, 0.15) is 49.3 Å². The van der Waals surface area contributed by atoms with Gasteiger partial charge in [0.15, 0.2) is 0 Å². The molecule has 1 N–H and O–H groups in total. The highest BCUT2D eigenvalue weighted by atomic mass is 15.0. The molecule has 0 bridgehead atoms.